The van der Waals surface area contributed by atoms with E-state index in [0.717, 1.165) is 6.26 Å². The van der Waals surface area contributed by atoms with Crippen LogP contribution in [0.2, 0.25) is 0 Å². The van der Waals surface area contributed by atoms with Crippen molar-refractivity contribution in [1.82, 2.24) is 15.1 Å². The number of sulfone groups is 1. The summed E-state index contributed by atoms with van der Waals surface area (Å²) in [6.45, 7) is -0.0139. The van der Waals surface area contributed by atoms with Crippen LogP contribution in [0.5, 0.6) is 5.75 Å². The van der Waals surface area contributed by atoms with Gasteiger partial charge in [-0.1, -0.05) is 40.2 Å². The molecule has 5 rings (SSSR count). The summed E-state index contributed by atoms with van der Waals surface area (Å²) in [5.41, 5.74) is 1.18. The molecule has 0 aromatic heterocycles. The number of nitrogens with one attached hydrogen (secondary N) is 1. The Bertz CT molecular complexity index is 1680. The number of amides is 3. The molecule has 2 heterocycles. The van der Waals surface area contributed by atoms with E-state index in [2.05, 4.69) is 21.2 Å². The molecular formula is C30H28BrN3O7S. The highest BCUT2D eigenvalue weighted by Crippen LogP contribution is 2.32. The van der Waals surface area contributed by atoms with Gasteiger partial charge in [-0.25, -0.2) is 8.42 Å². The molecule has 0 bridgehead atoms. The van der Waals surface area contributed by atoms with Gasteiger partial charge < -0.3 is 20.2 Å². The van der Waals surface area contributed by atoms with Crippen molar-refractivity contribution >= 4 is 49.3 Å². The number of rotatable bonds is 7. The summed E-state index contributed by atoms with van der Waals surface area (Å²) in [5.74, 6) is -1.66. The van der Waals surface area contributed by atoms with Gasteiger partial charge in [0, 0.05) is 34.8 Å². The SMILES string of the molecule is CS(=O)(=O)c1cccc(C(=O)N2CC(=O)C3C2CCN3C(=O)C(Cc2ccc(O)cc2)NC(=O)c2cccc(Br)c2)c1. The Hall–Kier alpha value is -4.03. The first-order chi connectivity index (χ1) is 19.9. The Morgan fingerprint density at radius 1 is 1.00 bits per heavy atom. The number of fused-ring (bicyclic) bond motifs is 1. The molecule has 0 aliphatic carbocycles. The fraction of sp³-hybridized carbons (Fsp3) is 0.267. The minimum atomic E-state index is -3.54. The predicted octanol–water partition coefficient (Wildman–Crippen LogP) is 2.59. The van der Waals surface area contributed by atoms with Crippen molar-refractivity contribution in [3.63, 3.8) is 0 Å². The molecular weight excluding hydrogens is 626 g/mol. The van der Waals surface area contributed by atoms with Gasteiger partial charge in [0.1, 0.15) is 17.8 Å². The van der Waals surface area contributed by atoms with Crippen LogP contribution in [0.1, 0.15) is 32.7 Å². The minimum absolute atomic E-state index is 0.00286. The zero-order chi connectivity index (χ0) is 30.2. The lowest BCUT2D eigenvalue weighted by Crippen LogP contribution is -2.53. The molecule has 3 aromatic rings. The highest BCUT2D eigenvalue weighted by Gasteiger charge is 2.52. The molecule has 3 amide bonds. The van der Waals surface area contributed by atoms with Gasteiger partial charge in [0.05, 0.1) is 17.5 Å². The maximum absolute atomic E-state index is 14.0. The topological polar surface area (TPSA) is 141 Å². The van der Waals surface area contributed by atoms with Crippen molar-refractivity contribution in [2.24, 2.45) is 0 Å². The number of phenolic OH excluding ortho intramolecular Hbond substituents is 1. The third kappa shape index (κ3) is 6.09. The average molecular weight is 655 g/mol. The Balaban J connectivity index is 1.39. The Kier molecular flexibility index (Phi) is 8.20. The Labute approximate surface area is 251 Å². The van der Waals surface area contributed by atoms with Crippen LogP contribution in [0.15, 0.2) is 82.2 Å². The number of phenols is 1. The van der Waals surface area contributed by atoms with Crippen molar-refractivity contribution in [3.8, 4) is 5.75 Å². The summed E-state index contributed by atoms with van der Waals surface area (Å²) >= 11 is 3.35. The van der Waals surface area contributed by atoms with Gasteiger partial charge in [-0.3, -0.25) is 19.2 Å². The Morgan fingerprint density at radius 3 is 2.38 bits per heavy atom. The number of Topliss-reactive ketones (excluding diaryl/α,β-unsaturated/α-hetero) is 1. The van der Waals surface area contributed by atoms with Crippen LogP contribution in [-0.2, 0) is 25.8 Å². The van der Waals surface area contributed by atoms with Crippen molar-refractivity contribution < 1.29 is 32.7 Å². The van der Waals surface area contributed by atoms with Gasteiger partial charge in [0.25, 0.3) is 11.8 Å². The fourth-order valence-corrected chi connectivity index (χ4v) is 6.57. The van der Waals surface area contributed by atoms with E-state index in [4.69, 9.17) is 0 Å². The number of hydrogen-bond acceptors (Lipinski definition) is 7. The molecule has 2 N–H and O–H groups in total. The lowest BCUT2D eigenvalue weighted by Gasteiger charge is -2.28. The number of likely N-dealkylation sites (tertiary alicyclic amines) is 2. The molecule has 2 fully saturated rings. The smallest absolute Gasteiger partial charge is 0.254 e. The second-order valence-corrected chi connectivity index (χ2v) is 13.4. The molecule has 2 aliphatic rings. The molecule has 10 nitrogen and oxygen atoms in total. The summed E-state index contributed by atoms with van der Waals surface area (Å²) in [6, 6.07) is 16.2. The van der Waals surface area contributed by atoms with E-state index in [1.54, 1.807) is 36.4 Å². The van der Waals surface area contributed by atoms with Crippen molar-refractivity contribution in [3.05, 3.63) is 94.0 Å². The molecule has 12 heteroatoms. The zero-order valence-electron chi connectivity index (χ0n) is 22.6. The van der Waals surface area contributed by atoms with E-state index < -0.39 is 45.7 Å². The number of benzene rings is 3. The Morgan fingerprint density at radius 2 is 1.69 bits per heavy atom. The number of halogens is 1. The number of carbonyl (C=O) groups excluding carboxylic acids is 4. The number of aromatic hydroxyl groups is 1. The number of ketones is 1. The molecule has 3 unspecified atom stereocenters. The van der Waals surface area contributed by atoms with E-state index >= 15 is 0 Å². The van der Waals surface area contributed by atoms with Gasteiger partial charge in [-0.15, -0.1) is 0 Å². The summed E-state index contributed by atoms with van der Waals surface area (Å²) in [7, 11) is -3.54. The van der Waals surface area contributed by atoms with E-state index in [0.29, 0.717) is 22.0 Å². The van der Waals surface area contributed by atoms with Gasteiger partial charge in [0.2, 0.25) is 5.91 Å². The minimum Gasteiger partial charge on any atom is -0.508 e. The lowest BCUT2D eigenvalue weighted by molar-refractivity contribution is -0.138. The summed E-state index contributed by atoms with van der Waals surface area (Å²) < 4.78 is 24.7. The first-order valence-corrected chi connectivity index (χ1v) is 15.9. The molecule has 42 heavy (non-hydrogen) atoms. The van der Waals surface area contributed by atoms with Gasteiger partial charge in [0.15, 0.2) is 15.6 Å². The van der Waals surface area contributed by atoms with Crippen LogP contribution in [0, 0.1) is 0 Å². The van der Waals surface area contributed by atoms with Crippen molar-refractivity contribution in [2.45, 2.75) is 35.9 Å². The van der Waals surface area contributed by atoms with E-state index in [9.17, 15) is 32.7 Å². The van der Waals surface area contributed by atoms with Gasteiger partial charge in [-0.05, 0) is 60.5 Å². The molecule has 3 atom stereocenters. The van der Waals surface area contributed by atoms with E-state index in [-0.39, 0.29) is 41.5 Å². The van der Waals surface area contributed by atoms with Crippen molar-refractivity contribution in [2.75, 3.05) is 19.3 Å². The van der Waals surface area contributed by atoms with Crippen molar-refractivity contribution in [1.29, 1.82) is 0 Å². The van der Waals surface area contributed by atoms with Crippen LogP contribution in [-0.4, -0.2) is 84.3 Å². The highest BCUT2D eigenvalue weighted by molar-refractivity contribution is 9.10. The normalized spacial score (nSPS) is 19.0. The molecule has 2 aliphatic heterocycles. The third-order valence-electron chi connectivity index (χ3n) is 7.54. The second-order valence-electron chi connectivity index (χ2n) is 10.4. The molecule has 218 valence electrons. The highest BCUT2D eigenvalue weighted by atomic mass is 79.9. The predicted molar refractivity (Wildman–Crippen MR) is 157 cm³/mol. The average Bonchev–Trinajstić information content (AvgIpc) is 3.54. The van der Waals surface area contributed by atoms with Gasteiger partial charge in [-0.2, -0.15) is 0 Å². The molecule has 0 radical (unpaired) electrons. The first-order valence-electron chi connectivity index (χ1n) is 13.2. The second kappa shape index (κ2) is 11.7. The number of nitrogens with zero attached hydrogens (tertiary/aromatic N) is 2. The number of hydrogen-bond donors (Lipinski definition) is 2. The quantitative estimate of drug-likeness (QED) is 0.399. The molecule has 2 saturated heterocycles. The van der Waals surface area contributed by atoms with Crippen LogP contribution in [0.3, 0.4) is 0 Å². The third-order valence-corrected chi connectivity index (χ3v) is 9.15. The fourth-order valence-electron chi connectivity index (χ4n) is 5.50. The first kappa shape index (κ1) is 29.5. The van der Waals surface area contributed by atoms with Crippen LogP contribution < -0.4 is 5.32 Å². The maximum atomic E-state index is 14.0. The zero-order valence-corrected chi connectivity index (χ0v) is 25.0. The summed E-state index contributed by atoms with van der Waals surface area (Å²) in [5, 5.41) is 12.5. The monoisotopic (exact) mass is 653 g/mol. The number of carbonyl (C=O) groups is 4. The molecule has 0 saturated carbocycles. The molecule has 0 spiro atoms. The summed E-state index contributed by atoms with van der Waals surface area (Å²) in [6.07, 6.45) is 1.52. The van der Waals surface area contributed by atoms with E-state index in [1.165, 1.54) is 46.2 Å². The van der Waals surface area contributed by atoms with Gasteiger partial charge >= 0.3 is 0 Å². The summed E-state index contributed by atoms with van der Waals surface area (Å²) in [4.78, 5) is 56.6. The van der Waals surface area contributed by atoms with Crippen LogP contribution in [0.4, 0.5) is 0 Å². The lowest BCUT2D eigenvalue weighted by atomic mass is 10.0. The largest absolute Gasteiger partial charge is 0.508 e. The van der Waals surface area contributed by atoms with Crippen LogP contribution in [0.25, 0.3) is 0 Å². The van der Waals surface area contributed by atoms with Crippen LogP contribution >= 0.6 is 15.9 Å². The van der Waals surface area contributed by atoms with E-state index in [1.807, 2.05) is 0 Å². The standard InChI is InChI=1S/C30H28BrN3O7S/c1-42(40,41)23-7-3-5-20(16-23)29(38)34-17-26(36)27-25(34)12-13-33(27)30(39)24(14-18-8-10-22(35)11-9-18)32-28(37)19-4-2-6-21(31)15-19/h2-11,15-16,24-25,27,35H,12-14,17H2,1H3,(H,32,37). The molecule has 3 aromatic carbocycles. The maximum Gasteiger partial charge on any atom is 0.254 e.